The fourth-order valence-corrected chi connectivity index (χ4v) is 2.12. The third kappa shape index (κ3) is 1.58. The molecule has 1 aliphatic rings. The Bertz CT molecular complexity index is 492. The molecule has 16 heavy (non-hydrogen) atoms. The first kappa shape index (κ1) is 11.1. The lowest BCUT2D eigenvalue weighted by molar-refractivity contribution is 0.138. The molecule has 1 aromatic rings. The van der Waals surface area contributed by atoms with Gasteiger partial charge in [0.15, 0.2) is 0 Å². The number of halogens is 1. The summed E-state index contributed by atoms with van der Waals surface area (Å²) in [5.74, 6) is 0.525. The zero-order chi connectivity index (χ0) is 11.9. The maximum absolute atomic E-state index is 9.05. The molecule has 2 N–H and O–H groups in total. The molecule has 0 unspecified atom stereocenters. The van der Waals surface area contributed by atoms with Gasteiger partial charge in [-0.2, -0.15) is 5.26 Å². The maximum atomic E-state index is 9.05. The molecule has 0 saturated heterocycles. The molecule has 0 bridgehead atoms. The van der Waals surface area contributed by atoms with E-state index in [-0.39, 0.29) is 16.2 Å². The summed E-state index contributed by atoms with van der Waals surface area (Å²) in [6.07, 6.45) is 0.683. The van der Waals surface area contributed by atoms with Crippen molar-refractivity contribution in [1.29, 1.82) is 5.26 Å². The van der Waals surface area contributed by atoms with E-state index in [1.165, 1.54) is 0 Å². The van der Waals surface area contributed by atoms with Crippen LogP contribution in [0.2, 0.25) is 5.02 Å². The fraction of sp³-hybridized carbons (Fsp3) is 0.364. The van der Waals surface area contributed by atoms with Gasteiger partial charge in [0, 0.05) is 12.0 Å². The van der Waals surface area contributed by atoms with Crippen LogP contribution in [0.4, 0.5) is 5.69 Å². The zero-order valence-electron chi connectivity index (χ0n) is 8.97. The minimum Gasteiger partial charge on any atom is -0.486 e. The van der Waals surface area contributed by atoms with Gasteiger partial charge < -0.3 is 4.74 Å². The summed E-state index contributed by atoms with van der Waals surface area (Å²) < 4.78 is 5.68. The predicted octanol–water partition coefficient (Wildman–Crippen LogP) is 2.73. The van der Waals surface area contributed by atoms with Gasteiger partial charge in [0.1, 0.15) is 23.0 Å². The van der Waals surface area contributed by atoms with Gasteiger partial charge in [0.25, 0.3) is 0 Å². The van der Waals surface area contributed by atoms with Crippen LogP contribution in [0.15, 0.2) is 6.07 Å². The van der Waals surface area contributed by atoms with Gasteiger partial charge in [0.2, 0.25) is 0 Å². The summed E-state index contributed by atoms with van der Waals surface area (Å²) in [4.78, 5) is 0. The van der Waals surface area contributed by atoms with Crippen LogP contribution in [-0.4, -0.2) is 10.8 Å². The Morgan fingerprint density at radius 1 is 1.62 bits per heavy atom. The van der Waals surface area contributed by atoms with E-state index in [4.69, 9.17) is 26.8 Å². The topological polar surface area (TPSA) is 65.3 Å². The highest BCUT2D eigenvalue weighted by molar-refractivity contribution is 6.34. The van der Waals surface area contributed by atoms with Crippen molar-refractivity contribution in [2.45, 2.75) is 25.9 Å². The van der Waals surface area contributed by atoms with E-state index in [0.717, 1.165) is 5.56 Å². The van der Waals surface area contributed by atoms with Gasteiger partial charge in [-0.1, -0.05) is 11.6 Å². The number of hydrogen-bond donors (Lipinski definition) is 2. The first-order valence-corrected chi connectivity index (χ1v) is 5.21. The molecule has 5 heteroatoms. The van der Waals surface area contributed by atoms with Crippen LogP contribution in [0.25, 0.3) is 0 Å². The average Bonchev–Trinajstić information content (AvgIpc) is 2.51. The van der Waals surface area contributed by atoms with Crippen molar-refractivity contribution < 1.29 is 9.94 Å². The highest BCUT2D eigenvalue weighted by Crippen LogP contribution is 2.43. The predicted molar refractivity (Wildman–Crippen MR) is 60.0 cm³/mol. The zero-order valence-corrected chi connectivity index (χ0v) is 9.72. The minimum absolute atomic E-state index is 0.182. The molecule has 0 radical (unpaired) electrons. The third-order valence-electron chi connectivity index (χ3n) is 2.52. The molecule has 0 aliphatic carbocycles. The lowest BCUT2D eigenvalue weighted by atomic mass is 10.00. The lowest BCUT2D eigenvalue weighted by Gasteiger charge is -2.17. The lowest BCUT2D eigenvalue weighted by Crippen LogP contribution is -2.24. The van der Waals surface area contributed by atoms with Crippen LogP contribution in [0.1, 0.15) is 25.0 Å². The number of ether oxygens (including phenoxy) is 1. The Kier molecular flexibility index (Phi) is 2.45. The van der Waals surface area contributed by atoms with E-state index in [2.05, 4.69) is 0 Å². The molecular formula is C11H11ClN2O2. The van der Waals surface area contributed by atoms with Crippen molar-refractivity contribution in [3.8, 4) is 11.8 Å². The number of nitrogens with zero attached hydrogens (tertiary/aromatic N) is 1. The Hall–Kier alpha value is -1.44. The summed E-state index contributed by atoms with van der Waals surface area (Å²) in [6.45, 7) is 3.88. The average molecular weight is 239 g/mol. The molecule has 0 aromatic heterocycles. The molecule has 2 rings (SSSR count). The molecular weight excluding hydrogens is 228 g/mol. The smallest absolute Gasteiger partial charge is 0.142 e. The molecule has 1 heterocycles. The van der Waals surface area contributed by atoms with E-state index in [9.17, 15) is 0 Å². The van der Waals surface area contributed by atoms with E-state index in [1.807, 2.05) is 25.4 Å². The number of nitriles is 1. The molecule has 84 valence electrons. The number of rotatable bonds is 1. The molecule has 1 aromatic carbocycles. The molecule has 0 amide bonds. The Morgan fingerprint density at radius 2 is 2.31 bits per heavy atom. The highest BCUT2D eigenvalue weighted by Gasteiger charge is 2.33. The SMILES string of the molecule is CC1(C)Cc2cc(NO)c(Cl)c(C#N)c2O1. The molecule has 0 spiro atoms. The van der Waals surface area contributed by atoms with Crippen LogP contribution in [0.3, 0.4) is 0 Å². The standard InChI is InChI=1S/C11H11ClN2O2/c1-11(2)4-6-3-8(14-15)9(12)7(5-13)10(6)16-11/h3,14-15H,4H2,1-2H3. The summed E-state index contributed by atoms with van der Waals surface area (Å²) in [5, 5.41) is 18.1. The summed E-state index contributed by atoms with van der Waals surface area (Å²) >= 11 is 5.96. The second-order valence-corrected chi connectivity index (χ2v) is 4.74. The van der Waals surface area contributed by atoms with Crippen LogP contribution in [-0.2, 0) is 6.42 Å². The summed E-state index contributed by atoms with van der Waals surface area (Å²) in [5.41, 5.74) is 3.12. The quantitative estimate of drug-likeness (QED) is 0.739. The van der Waals surface area contributed by atoms with Crippen molar-refractivity contribution in [1.82, 2.24) is 0 Å². The van der Waals surface area contributed by atoms with Gasteiger partial charge in [0.05, 0.1) is 10.7 Å². The van der Waals surface area contributed by atoms with Crippen molar-refractivity contribution >= 4 is 17.3 Å². The van der Waals surface area contributed by atoms with Gasteiger partial charge in [-0.05, 0) is 19.9 Å². The molecule has 0 atom stereocenters. The van der Waals surface area contributed by atoms with Crippen molar-refractivity contribution in [2.75, 3.05) is 5.48 Å². The maximum Gasteiger partial charge on any atom is 0.142 e. The summed E-state index contributed by atoms with van der Waals surface area (Å²) in [7, 11) is 0. The number of hydrogen-bond acceptors (Lipinski definition) is 4. The van der Waals surface area contributed by atoms with Gasteiger partial charge in [-0.15, -0.1) is 0 Å². The van der Waals surface area contributed by atoms with E-state index in [0.29, 0.717) is 17.9 Å². The van der Waals surface area contributed by atoms with Crippen LogP contribution >= 0.6 is 11.6 Å². The van der Waals surface area contributed by atoms with E-state index < -0.39 is 0 Å². The number of anilines is 1. The van der Waals surface area contributed by atoms with E-state index in [1.54, 1.807) is 6.07 Å². The van der Waals surface area contributed by atoms with E-state index >= 15 is 0 Å². The van der Waals surface area contributed by atoms with Gasteiger partial charge in [-0.25, -0.2) is 0 Å². The molecule has 4 nitrogen and oxygen atoms in total. The largest absolute Gasteiger partial charge is 0.486 e. The van der Waals surface area contributed by atoms with Crippen molar-refractivity contribution in [3.05, 3.63) is 22.2 Å². The van der Waals surface area contributed by atoms with Crippen molar-refractivity contribution in [3.63, 3.8) is 0 Å². The third-order valence-corrected chi connectivity index (χ3v) is 2.91. The molecule has 0 fully saturated rings. The highest BCUT2D eigenvalue weighted by atomic mass is 35.5. The second kappa shape index (κ2) is 3.55. The van der Waals surface area contributed by atoms with Crippen molar-refractivity contribution in [2.24, 2.45) is 0 Å². The second-order valence-electron chi connectivity index (χ2n) is 4.36. The first-order chi connectivity index (χ1) is 7.48. The Labute approximate surface area is 98.4 Å². The number of fused-ring (bicyclic) bond motifs is 1. The van der Waals surface area contributed by atoms with Crippen LogP contribution in [0, 0.1) is 11.3 Å². The minimum atomic E-state index is -0.342. The van der Waals surface area contributed by atoms with Crippen LogP contribution < -0.4 is 10.2 Å². The fourth-order valence-electron chi connectivity index (χ4n) is 1.90. The first-order valence-electron chi connectivity index (χ1n) is 4.83. The van der Waals surface area contributed by atoms with Crippen LogP contribution in [0.5, 0.6) is 5.75 Å². The monoisotopic (exact) mass is 238 g/mol. The normalized spacial score (nSPS) is 16.2. The number of benzene rings is 1. The summed E-state index contributed by atoms with van der Waals surface area (Å²) in [6, 6.07) is 3.70. The molecule has 0 saturated carbocycles. The Morgan fingerprint density at radius 3 is 2.88 bits per heavy atom. The Balaban J connectivity index is 2.64. The van der Waals surface area contributed by atoms with Gasteiger partial charge in [-0.3, -0.25) is 10.7 Å². The molecule has 1 aliphatic heterocycles. The number of nitrogens with one attached hydrogen (secondary N) is 1. The van der Waals surface area contributed by atoms with Gasteiger partial charge >= 0.3 is 0 Å².